The minimum Gasteiger partial charge on any atom is -0.329 e. The van der Waals surface area contributed by atoms with E-state index in [1.54, 1.807) is 0 Å². The molecule has 5 nitrogen and oxygen atoms in total. The summed E-state index contributed by atoms with van der Waals surface area (Å²) in [7, 11) is 0. The molecule has 62 valence electrons. The third kappa shape index (κ3) is 2.38. The Bertz CT molecular complexity index is 156. The van der Waals surface area contributed by atoms with Crippen LogP contribution in [0, 0.1) is 5.92 Å². The van der Waals surface area contributed by atoms with Gasteiger partial charge in [0.25, 0.3) is 0 Å². The Hall–Kier alpha value is -0.770. The highest BCUT2D eigenvalue weighted by Gasteiger charge is 2.24. The largest absolute Gasteiger partial charge is 0.329 e. The van der Waals surface area contributed by atoms with E-state index in [1.807, 2.05) is 0 Å². The molecule has 1 aliphatic rings. The summed E-state index contributed by atoms with van der Waals surface area (Å²) in [4.78, 5) is 4.97. The van der Waals surface area contributed by atoms with Crippen LogP contribution in [0.2, 0.25) is 0 Å². The van der Waals surface area contributed by atoms with Gasteiger partial charge in [-0.3, -0.25) is 0 Å². The van der Waals surface area contributed by atoms with Gasteiger partial charge in [0.05, 0.1) is 0 Å². The zero-order valence-electron chi connectivity index (χ0n) is 6.48. The maximum atomic E-state index is 8.03. The first-order chi connectivity index (χ1) is 5.36. The van der Waals surface area contributed by atoms with Crippen LogP contribution in [0.1, 0.15) is 0 Å². The summed E-state index contributed by atoms with van der Waals surface area (Å²) in [5, 5.41) is 3.51. The van der Waals surface area contributed by atoms with E-state index in [2.05, 4.69) is 14.9 Å². The molecule has 0 atom stereocenters. The van der Waals surface area contributed by atoms with E-state index in [4.69, 9.17) is 11.3 Å². The number of hydrogen-bond acceptors (Lipinski definition) is 3. The minimum atomic E-state index is 0.567. The lowest BCUT2D eigenvalue weighted by molar-refractivity contribution is 0.110. The summed E-state index contributed by atoms with van der Waals surface area (Å²) in [6.45, 7) is 4.39. The second-order valence-electron chi connectivity index (χ2n) is 2.83. The van der Waals surface area contributed by atoms with Crippen molar-refractivity contribution < 1.29 is 0 Å². The standard InChI is InChI=1S/C6H13N5/c7-1-2-11-4-6(5-11)3-9-10-8/h6H,1-5,7H2. The van der Waals surface area contributed by atoms with E-state index in [0.29, 0.717) is 19.0 Å². The normalized spacial score (nSPS) is 19.0. The van der Waals surface area contributed by atoms with Gasteiger partial charge in [-0.1, -0.05) is 5.11 Å². The fourth-order valence-corrected chi connectivity index (χ4v) is 1.31. The van der Waals surface area contributed by atoms with Gasteiger partial charge < -0.3 is 10.6 Å². The Morgan fingerprint density at radius 3 is 2.91 bits per heavy atom. The Balaban J connectivity index is 2.04. The number of nitrogens with two attached hydrogens (primary N) is 1. The molecule has 1 fully saturated rings. The number of rotatable bonds is 4. The van der Waals surface area contributed by atoms with Crippen LogP contribution in [-0.4, -0.2) is 37.6 Å². The second-order valence-corrected chi connectivity index (χ2v) is 2.83. The van der Waals surface area contributed by atoms with Crippen LogP contribution in [0.25, 0.3) is 10.4 Å². The first-order valence-corrected chi connectivity index (χ1v) is 3.80. The molecule has 0 aliphatic carbocycles. The molecular formula is C6H13N5. The van der Waals surface area contributed by atoms with Crippen molar-refractivity contribution in [2.75, 3.05) is 32.7 Å². The number of hydrogen-bond donors (Lipinski definition) is 1. The molecule has 1 heterocycles. The predicted molar refractivity (Wildman–Crippen MR) is 43.0 cm³/mol. The van der Waals surface area contributed by atoms with Crippen LogP contribution < -0.4 is 5.73 Å². The lowest BCUT2D eigenvalue weighted by Gasteiger charge is -2.38. The molecule has 11 heavy (non-hydrogen) atoms. The Morgan fingerprint density at radius 2 is 2.36 bits per heavy atom. The van der Waals surface area contributed by atoms with Gasteiger partial charge in [-0.05, 0) is 11.4 Å². The molecule has 1 rings (SSSR count). The van der Waals surface area contributed by atoms with Crippen LogP contribution in [0.5, 0.6) is 0 Å². The van der Waals surface area contributed by atoms with Crippen molar-refractivity contribution in [2.45, 2.75) is 0 Å². The Kier molecular flexibility index (Phi) is 3.16. The minimum absolute atomic E-state index is 0.567. The van der Waals surface area contributed by atoms with Crippen LogP contribution >= 0.6 is 0 Å². The average Bonchev–Trinajstić information content (AvgIpc) is 1.94. The molecule has 0 radical (unpaired) electrons. The van der Waals surface area contributed by atoms with Crippen molar-refractivity contribution in [3.8, 4) is 0 Å². The van der Waals surface area contributed by atoms with Gasteiger partial charge in [0.15, 0.2) is 0 Å². The van der Waals surface area contributed by atoms with Crippen LogP contribution in [0.4, 0.5) is 0 Å². The average molecular weight is 155 g/mol. The van der Waals surface area contributed by atoms with Crippen LogP contribution in [-0.2, 0) is 0 Å². The SMILES string of the molecule is [N-]=[N+]=NCC1CN(CCN)C1. The van der Waals surface area contributed by atoms with Gasteiger partial charge in [-0.15, -0.1) is 0 Å². The fraction of sp³-hybridized carbons (Fsp3) is 1.00. The van der Waals surface area contributed by atoms with E-state index in [0.717, 1.165) is 19.6 Å². The summed E-state index contributed by atoms with van der Waals surface area (Å²) in [6.07, 6.45) is 0. The monoisotopic (exact) mass is 155 g/mol. The Morgan fingerprint density at radius 1 is 1.64 bits per heavy atom. The first-order valence-electron chi connectivity index (χ1n) is 3.80. The second kappa shape index (κ2) is 4.18. The molecule has 2 N–H and O–H groups in total. The molecule has 1 saturated heterocycles. The van der Waals surface area contributed by atoms with Crippen molar-refractivity contribution in [2.24, 2.45) is 16.8 Å². The topological polar surface area (TPSA) is 78.0 Å². The van der Waals surface area contributed by atoms with E-state index < -0.39 is 0 Å². The molecule has 0 amide bonds. The maximum absolute atomic E-state index is 8.03. The molecule has 0 spiro atoms. The predicted octanol–water partition coefficient (Wildman–Crippen LogP) is 0.187. The van der Waals surface area contributed by atoms with Gasteiger partial charge in [-0.2, -0.15) is 0 Å². The quantitative estimate of drug-likeness (QED) is 0.357. The lowest BCUT2D eigenvalue weighted by Crippen LogP contribution is -2.49. The van der Waals surface area contributed by atoms with Crippen LogP contribution in [0.3, 0.4) is 0 Å². The van der Waals surface area contributed by atoms with Gasteiger partial charge in [0.2, 0.25) is 0 Å². The van der Waals surface area contributed by atoms with Crippen molar-refractivity contribution in [3.63, 3.8) is 0 Å². The Labute approximate surface area is 65.8 Å². The third-order valence-electron chi connectivity index (χ3n) is 1.88. The smallest absolute Gasteiger partial charge is 0.0310 e. The molecule has 0 saturated carbocycles. The number of likely N-dealkylation sites (tertiary alicyclic amines) is 1. The molecular weight excluding hydrogens is 142 g/mol. The highest BCUT2D eigenvalue weighted by molar-refractivity contribution is 4.81. The summed E-state index contributed by atoms with van der Waals surface area (Å²) in [5.41, 5.74) is 13.4. The fourth-order valence-electron chi connectivity index (χ4n) is 1.31. The van der Waals surface area contributed by atoms with Crippen molar-refractivity contribution in [1.82, 2.24) is 4.90 Å². The molecule has 0 aromatic heterocycles. The van der Waals surface area contributed by atoms with Crippen molar-refractivity contribution in [1.29, 1.82) is 0 Å². The maximum Gasteiger partial charge on any atom is 0.0310 e. The summed E-state index contributed by atoms with van der Waals surface area (Å²) in [5.74, 6) is 0.567. The zero-order chi connectivity index (χ0) is 8.10. The third-order valence-corrected chi connectivity index (χ3v) is 1.88. The summed E-state index contributed by atoms with van der Waals surface area (Å²) >= 11 is 0. The van der Waals surface area contributed by atoms with E-state index >= 15 is 0 Å². The van der Waals surface area contributed by atoms with E-state index in [9.17, 15) is 0 Å². The first kappa shape index (κ1) is 8.33. The highest BCUT2D eigenvalue weighted by Crippen LogP contribution is 2.14. The van der Waals surface area contributed by atoms with Gasteiger partial charge in [0.1, 0.15) is 0 Å². The summed E-state index contributed by atoms with van der Waals surface area (Å²) in [6, 6.07) is 0. The molecule has 0 aromatic rings. The highest BCUT2D eigenvalue weighted by atomic mass is 15.2. The number of azide groups is 1. The van der Waals surface area contributed by atoms with E-state index in [-0.39, 0.29) is 0 Å². The molecule has 5 heteroatoms. The molecule has 0 unspecified atom stereocenters. The summed E-state index contributed by atoms with van der Waals surface area (Å²) < 4.78 is 0. The lowest BCUT2D eigenvalue weighted by atomic mass is 10.0. The molecule has 1 aliphatic heterocycles. The van der Waals surface area contributed by atoms with Crippen molar-refractivity contribution >= 4 is 0 Å². The van der Waals surface area contributed by atoms with Crippen LogP contribution in [0.15, 0.2) is 5.11 Å². The zero-order valence-corrected chi connectivity index (χ0v) is 6.48. The molecule has 0 aromatic carbocycles. The molecule has 0 bridgehead atoms. The van der Waals surface area contributed by atoms with E-state index in [1.165, 1.54) is 0 Å². The van der Waals surface area contributed by atoms with Crippen molar-refractivity contribution in [3.05, 3.63) is 10.4 Å². The van der Waals surface area contributed by atoms with Gasteiger partial charge in [0, 0.05) is 37.6 Å². The van der Waals surface area contributed by atoms with Gasteiger partial charge in [-0.25, -0.2) is 0 Å². The van der Waals surface area contributed by atoms with Gasteiger partial charge >= 0.3 is 0 Å². The number of nitrogens with zero attached hydrogens (tertiary/aromatic N) is 4.